The first-order chi connectivity index (χ1) is 20.9. The molecule has 1 N–H and O–H groups in total. The van der Waals surface area contributed by atoms with Crippen molar-refractivity contribution in [3.05, 3.63) is 57.4 Å². The van der Waals surface area contributed by atoms with Crippen molar-refractivity contribution >= 4 is 35.0 Å². The van der Waals surface area contributed by atoms with E-state index in [-0.39, 0.29) is 46.9 Å². The molecule has 2 atom stereocenters. The topological polar surface area (TPSA) is 102 Å². The van der Waals surface area contributed by atoms with Crippen LogP contribution in [0.25, 0.3) is 5.57 Å². The molecule has 1 saturated carbocycles. The monoisotopic (exact) mass is 631 g/mol. The zero-order chi connectivity index (χ0) is 31.0. The molecule has 2 saturated heterocycles. The summed E-state index contributed by atoms with van der Waals surface area (Å²) in [5.41, 5.74) is -0.105. The number of carbonyl (C=O) groups is 3. The molecule has 44 heavy (non-hydrogen) atoms. The van der Waals surface area contributed by atoms with Crippen molar-refractivity contribution < 1.29 is 37.4 Å². The number of alkyl halides is 3. The van der Waals surface area contributed by atoms with Crippen LogP contribution in [0.2, 0.25) is 5.02 Å². The van der Waals surface area contributed by atoms with Crippen molar-refractivity contribution in [2.45, 2.75) is 81.4 Å². The first-order valence-electron chi connectivity index (χ1n) is 15.3. The van der Waals surface area contributed by atoms with Crippen LogP contribution in [0.15, 0.2) is 24.3 Å². The minimum absolute atomic E-state index is 0.0212. The Balaban J connectivity index is 1.26. The van der Waals surface area contributed by atoms with Crippen molar-refractivity contribution in [2.75, 3.05) is 19.7 Å². The van der Waals surface area contributed by atoms with E-state index in [2.05, 4.69) is 0 Å². The predicted octanol–water partition coefficient (Wildman–Crippen LogP) is 5.58. The second-order valence-corrected chi connectivity index (χ2v) is 13.4. The number of amides is 1. The van der Waals surface area contributed by atoms with Gasteiger partial charge in [-0.25, -0.2) is 0 Å². The number of fused-ring (bicyclic) bond motifs is 1. The van der Waals surface area contributed by atoms with Crippen LogP contribution in [-0.2, 0) is 32.6 Å². The number of halogens is 4. The van der Waals surface area contributed by atoms with Crippen LogP contribution >= 0.6 is 11.6 Å². The molecule has 1 amide bonds. The number of ether oxygens (including phenoxy) is 1. The lowest BCUT2D eigenvalue weighted by Crippen LogP contribution is -2.64. The van der Waals surface area contributed by atoms with Crippen molar-refractivity contribution in [3.63, 3.8) is 0 Å². The van der Waals surface area contributed by atoms with Crippen molar-refractivity contribution in [2.24, 2.45) is 11.8 Å². The molecular formula is C32H33ClF3N3O5. The van der Waals surface area contributed by atoms with Gasteiger partial charge in [-0.15, -0.1) is 0 Å². The summed E-state index contributed by atoms with van der Waals surface area (Å²) in [6.07, 6.45) is 1.33. The number of carboxylic acid groups (broad SMARTS) is 1. The summed E-state index contributed by atoms with van der Waals surface area (Å²) >= 11 is 6.48. The summed E-state index contributed by atoms with van der Waals surface area (Å²) in [5, 5.41) is 14.1. The molecule has 5 aliphatic rings. The largest absolute Gasteiger partial charge is 0.481 e. The van der Waals surface area contributed by atoms with E-state index < -0.39 is 35.3 Å². The Bertz CT molecular complexity index is 1580. The Kier molecular flexibility index (Phi) is 7.00. The lowest BCUT2D eigenvalue weighted by Gasteiger charge is -2.48. The number of hydrogen-bond acceptors (Lipinski definition) is 5. The van der Waals surface area contributed by atoms with E-state index in [1.807, 2.05) is 6.08 Å². The maximum Gasteiger partial charge on any atom is 0.398 e. The molecular weight excluding hydrogens is 599 g/mol. The highest BCUT2D eigenvalue weighted by molar-refractivity contribution is 6.34. The molecule has 2 unspecified atom stereocenters. The van der Waals surface area contributed by atoms with Gasteiger partial charge in [0, 0.05) is 24.5 Å². The average Bonchev–Trinajstić information content (AvgIpc) is 3.51. The minimum atomic E-state index is -4.55. The number of aromatic nitrogens is 2. The summed E-state index contributed by atoms with van der Waals surface area (Å²) in [7, 11) is 0. The van der Waals surface area contributed by atoms with Gasteiger partial charge in [0.05, 0.1) is 46.4 Å². The molecule has 1 aromatic heterocycles. The van der Waals surface area contributed by atoms with Gasteiger partial charge in [0.25, 0.3) is 5.91 Å². The second-order valence-electron chi connectivity index (χ2n) is 13.0. The first kappa shape index (κ1) is 29.5. The fraction of sp³-hybridized carbons (Fsp3) is 0.562. The van der Waals surface area contributed by atoms with Crippen LogP contribution in [0.3, 0.4) is 0 Å². The maximum absolute atomic E-state index is 14.3. The standard InChI is InChI=1S/C32H33ClF3N3O5/c33-23-4-1-3-22(31(12-13-31)32(34,35)36)25(23)28(41)39-24-15-20(27(40)38-16-30(17-38)11-2-14-44-30)9-10-21(24)26(37-39)18-5-7-19(8-6-18)29(42)43/h1,3-5,19-20H,2,6-17H2,(H,42,43). The molecule has 0 radical (unpaired) electrons. The first-order valence-corrected chi connectivity index (χ1v) is 15.7. The lowest BCUT2D eigenvalue weighted by molar-refractivity contribution is -0.162. The van der Waals surface area contributed by atoms with Gasteiger partial charge in [0.1, 0.15) is 5.60 Å². The lowest BCUT2D eigenvalue weighted by atomic mass is 9.81. The fourth-order valence-corrected chi connectivity index (χ4v) is 7.92. The van der Waals surface area contributed by atoms with E-state index in [1.165, 1.54) is 22.9 Å². The summed E-state index contributed by atoms with van der Waals surface area (Å²) in [5.74, 6) is -2.56. The quantitative estimate of drug-likeness (QED) is 0.462. The molecule has 12 heteroatoms. The van der Waals surface area contributed by atoms with Gasteiger partial charge < -0.3 is 14.7 Å². The van der Waals surface area contributed by atoms with Crippen LogP contribution in [0.4, 0.5) is 13.2 Å². The number of carboxylic acids is 1. The number of carbonyl (C=O) groups excluding carboxylic acids is 2. The summed E-state index contributed by atoms with van der Waals surface area (Å²) in [4.78, 5) is 41.2. The highest BCUT2D eigenvalue weighted by Crippen LogP contribution is 2.60. The number of benzene rings is 1. The second kappa shape index (κ2) is 10.4. The molecule has 0 bridgehead atoms. The molecule has 3 fully saturated rings. The van der Waals surface area contributed by atoms with E-state index in [9.17, 15) is 32.7 Å². The Morgan fingerprint density at radius 2 is 1.82 bits per heavy atom. The Labute approximate surface area is 257 Å². The van der Waals surface area contributed by atoms with E-state index >= 15 is 0 Å². The van der Waals surface area contributed by atoms with E-state index in [0.717, 1.165) is 24.0 Å². The third-order valence-electron chi connectivity index (χ3n) is 10.4. The van der Waals surface area contributed by atoms with Crippen LogP contribution < -0.4 is 0 Å². The van der Waals surface area contributed by atoms with E-state index in [0.29, 0.717) is 63.2 Å². The highest BCUT2D eigenvalue weighted by atomic mass is 35.5. The number of rotatable bonds is 5. The van der Waals surface area contributed by atoms with E-state index in [1.54, 1.807) is 4.90 Å². The van der Waals surface area contributed by atoms with Crippen molar-refractivity contribution in [1.29, 1.82) is 0 Å². The normalized spacial score (nSPS) is 25.3. The molecule has 3 heterocycles. The van der Waals surface area contributed by atoms with Crippen LogP contribution in [0.5, 0.6) is 0 Å². The van der Waals surface area contributed by atoms with E-state index in [4.69, 9.17) is 21.4 Å². The Morgan fingerprint density at radius 3 is 2.43 bits per heavy atom. The average molecular weight is 632 g/mol. The van der Waals surface area contributed by atoms with Crippen LogP contribution in [-0.4, -0.2) is 69.0 Å². The predicted molar refractivity (Wildman–Crippen MR) is 153 cm³/mol. The minimum Gasteiger partial charge on any atom is -0.481 e. The smallest absolute Gasteiger partial charge is 0.398 e. The van der Waals surface area contributed by atoms with Gasteiger partial charge in [-0.2, -0.15) is 23.0 Å². The summed E-state index contributed by atoms with van der Waals surface area (Å²) in [6, 6.07) is 4.16. The Hall–Kier alpha value is -3.18. The molecule has 1 spiro atoms. The van der Waals surface area contributed by atoms with Gasteiger partial charge in [-0.1, -0.05) is 29.8 Å². The third-order valence-corrected chi connectivity index (χ3v) is 10.7. The highest BCUT2D eigenvalue weighted by Gasteiger charge is 2.65. The summed E-state index contributed by atoms with van der Waals surface area (Å²) in [6.45, 7) is 1.78. The molecule has 2 aromatic rings. The van der Waals surface area contributed by atoms with Gasteiger partial charge >= 0.3 is 12.1 Å². The molecule has 7 rings (SSSR count). The number of nitrogens with zero attached hydrogens (tertiary/aromatic N) is 3. The SMILES string of the molecule is O=C(O)C1CC=C(c2nn(C(=O)c3c(Cl)cccc3C3(C(F)(F)F)CC3)c3c2CCC(C(=O)N2CC4(CCCO4)C2)C3)CC1. The molecule has 1 aromatic carbocycles. The number of allylic oxidation sites excluding steroid dienone is 2. The van der Waals surface area contributed by atoms with Crippen molar-refractivity contribution in [3.8, 4) is 0 Å². The van der Waals surface area contributed by atoms with Gasteiger partial charge in [0.15, 0.2) is 0 Å². The van der Waals surface area contributed by atoms with Gasteiger partial charge in [-0.3, -0.25) is 14.4 Å². The fourth-order valence-electron chi connectivity index (χ4n) is 7.67. The Morgan fingerprint density at radius 1 is 1.07 bits per heavy atom. The zero-order valence-corrected chi connectivity index (χ0v) is 24.8. The molecule has 8 nitrogen and oxygen atoms in total. The van der Waals surface area contributed by atoms with Crippen LogP contribution in [0, 0.1) is 11.8 Å². The number of likely N-dealkylation sites (tertiary alicyclic amines) is 1. The number of aliphatic carboxylic acids is 1. The summed E-state index contributed by atoms with van der Waals surface area (Å²) < 4.78 is 49.8. The third kappa shape index (κ3) is 4.69. The van der Waals surface area contributed by atoms with Crippen LogP contribution in [0.1, 0.15) is 84.2 Å². The van der Waals surface area contributed by atoms with Gasteiger partial charge in [-0.05, 0) is 75.0 Å². The number of hydrogen-bond donors (Lipinski definition) is 1. The zero-order valence-electron chi connectivity index (χ0n) is 24.1. The van der Waals surface area contributed by atoms with Crippen molar-refractivity contribution in [1.82, 2.24) is 14.7 Å². The maximum atomic E-state index is 14.3. The molecule has 234 valence electrons. The van der Waals surface area contributed by atoms with Gasteiger partial charge in [0.2, 0.25) is 5.91 Å². The molecule has 3 aliphatic carbocycles. The molecule has 2 aliphatic heterocycles.